The molecule has 13 heavy (non-hydrogen) atoms. The Labute approximate surface area is 88.9 Å². The van der Waals surface area contributed by atoms with Crippen LogP contribution >= 0.6 is 26.6 Å². The molecule has 0 spiro atoms. The van der Waals surface area contributed by atoms with Crippen LogP contribution in [0.5, 0.6) is 5.75 Å². The van der Waals surface area contributed by atoms with Gasteiger partial charge in [0.2, 0.25) is 0 Å². The zero-order valence-electron chi connectivity index (χ0n) is 6.58. The van der Waals surface area contributed by atoms with E-state index in [0.29, 0.717) is 10.0 Å². The lowest BCUT2D eigenvalue weighted by Gasteiger charge is -2.03. The fraction of sp³-hybridized carbons (Fsp3) is 0.143. The SMILES string of the molecule is Cc1cc(S(=O)(=O)Cl)cc(Br)c1O. The molecule has 1 rings (SSSR count). The van der Waals surface area contributed by atoms with Crippen LogP contribution in [0.3, 0.4) is 0 Å². The summed E-state index contributed by atoms with van der Waals surface area (Å²) in [4.78, 5) is -0.0312. The van der Waals surface area contributed by atoms with E-state index < -0.39 is 9.05 Å². The molecule has 6 heteroatoms. The molecule has 0 aliphatic carbocycles. The highest BCUT2D eigenvalue weighted by Gasteiger charge is 2.13. The number of phenols is 1. The Balaban J connectivity index is 3.47. The largest absolute Gasteiger partial charge is 0.506 e. The normalized spacial score (nSPS) is 11.6. The predicted octanol–water partition coefficient (Wildman–Crippen LogP) is 2.39. The number of benzene rings is 1. The molecule has 72 valence electrons. The van der Waals surface area contributed by atoms with E-state index in [0.717, 1.165) is 0 Å². The van der Waals surface area contributed by atoms with Crippen molar-refractivity contribution in [2.45, 2.75) is 11.8 Å². The van der Waals surface area contributed by atoms with Crippen LogP contribution in [0.2, 0.25) is 0 Å². The minimum atomic E-state index is -3.73. The van der Waals surface area contributed by atoms with Gasteiger partial charge < -0.3 is 5.11 Å². The molecule has 0 bridgehead atoms. The second-order valence-electron chi connectivity index (χ2n) is 2.51. The molecule has 0 aromatic heterocycles. The first kappa shape index (κ1) is 10.8. The van der Waals surface area contributed by atoms with E-state index in [-0.39, 0.29) is 10.6 Å². The molecule has 0 aliphatic rings. The van der Waals surface area contributed by atoms with Crippen molar-refractivity contribution in [3.8, 4) is 5.75 Å². The van der Waals surface area contributed by atoms with Crippen molar-refractivity contribution in [1.82, 2.24) is 0 Å². The summed E-state index contributed by atoms with van der Waals surface area (Å²) >= 11 is 3.02. The molecule has 0 heterocycles. The third-order valence-electron chi connectivity index (χ3n) is 1.51. The summed E-state index contributed by atoms with van der Waals surface area (Å²) in [7, 11) is 1.39. The second kappa shape index (κ2) is 3.48. The lowest BCUT2D eigenvalue weighted by molar-refractivity contribution is 0.467. The molecule has 0 aliphatic heterocycles. The van der Waals surface area contributed by atoms with Crippen molar-refractivity contribution in [2.24, 2.45) is 0 Å². The van der Waals surface area contributed by atoms with E-state index in [1.54, 1.807) is 6.92 Å². The first-order valence-electron chi connectivity index (χ1n) is 3.26. The number of halogens is 2. The summed E-state index contributed by atoms with van der Waals surface area (Å²) in [6.45, 7) is 1.59. The van der Waals surface area contributed by atoms with Crippen LogP contribution in [-0.2, 0) is 9.05 Å². The van der Waals surface area contributed by atoms with Gasteiger partial charge in [-0.05, 0) is 40.5 Å². The fourth-order valence-electron chi connectivity index (χ4n) is 0.846. The monoisotopic (exact) mass is 284 g/mol. The molecule has 0 radical (unpaired) electrons. The molecule has 0 unspecified atom stereocenters. The minimum absolute atomic E-state index is 0.0177. The molecular weight excluding hydrogens is 279 g/mol. The first-order valence-corrected chi connectivity index (χ1v) is 6.36. The van der Waals surface area contributed by atoms with Crippen LogP contribution in [0.25, 0.3) is 0 Å². The van der Waals surface area contributed by atoms with Crippen molar-refractivity contribution in [3.63, 3.8) is 0 Å². The van der Waals surface area contributed by atoms with E-state index in [1.165, 1.54) is 12.1 Å². The summed E-state index contributed by atoms with van der Waals surface area (Å²) in [5.41, 5.74) is 0.452. The van der Waals surface area contributed by atoms with Crippen molar-refractivity contribution in [3.05, 3.63) is 22.2 Å². The maximum absolute atomic E-state index is 10.9. The van der Waals surface area contributed by atoms with Crippen molar-refractivity contribution < 1.29 is 13.5 Å². The number of phenolic OH excluding ortho intramolecular Hbond substituents is 1. The molecule has 0 saturated heterocycles. The average Bonchev–Trinajstić information content (AvgIpc) is 1.97. The summed E-state index contributed by atoms with van der Waals surface area (Å²) in [5.74, 6) is 0.0177. The van der Waals surface area contributed by atoms with E-state index in [4.69, 9.17) is 10.7 Å². The molecule has 1 N–H and O–H groups in total. The van der Waals surface area contributed by atoms with Gasteiger partial charge in [0.1, 0.15) is 5.75 Å². The number of hydrogen-bond donors (Lipinski definition) is 1. The zero-order valence-corrected chi connectivity index (χ0v) is 9.74. The number of aryl methyl sites for hydroxylation is 1. The van der Waals surface area contributed by atoms with E-state index >= 15 is 0 Å². The average molecular weight is 286 g/mol. The number of aromatic hydroxyl groups is 1. The van der Waals surface area contributed by atoms with Crippen LogP contribution in [0.4, 0.5) is 0 Å². The molecule has 0 saturated carbocycles. The first-order chi connectivity index (χ1) is 5.82. The second-order valence-corrected chi connectivity index (χ2v) is 5.93. The van der Waals surface area contributed by atoms with E-state index in [9.17, 15) is 13.5 Å². The van der Waals surface area contributed by atoms with Crippen LogP contribution in [-0.4, -0.2) is 13.5 Å². The van der Waals surface area contributed by atoms with Crippen molar-refractivity contribution >= 4 is 35.7 Å². The van der Waals surface area contributed by atoms with Gasteiger partial charge in [-0.3, -0.25) is 0 Å². The molecule has 0 fully saturated rings. The third-order valence-corrected chi connectivity index (χ3v) is 3.45. The summed E-state index contributed by atoms with van der Waals surface area (Å²) < 4.78 is 22.1. The fourth-order valence-corrected chi connectivity index (χ4v) is 2.40. The van der Waals surface area contributed by atoms with E-state index in [1.807, 2.05) is 0 Å². The molecule has 3 nitrogen and oxygen atoms in total. The summed E-state index contributed by atoms with van der Waals surface area (Å²) in [6.07, 6.45) is 0. The lowest BCUT2D eigenvalue weighted by atomic mass is 10.2. The molecule has 0 atom stereocenters. The van der Waals surface area contributed by atoms with Gasteiger partial charge in [-0.2, -0.15) is 0 Å². The molecule has 1 aromatic carbocycles. The van der Waals surface area contributed by atoms with Gasteiger partial charge in [-0.1, -0.05) is 0 Å². The lowest BCUT2D eigenvalue weighted by Crippen LogP contribution is -1.91. The molecular formula is C7H6BrClO3S. The van der Waals surface area contributed by atoms with Crippen molar-refractivity contribution in [1.29, 1.82) is 0 Å². The van der Waals surface area contributed by atoms with Gasteiger partial charge in [0.15, 0.2) is 0 Å². The Bertz CT molecular complexity index is 418. The van der Waals surface area contributed by atoms with Gasteiger partial charge in [0, 0.05) is 10.7 Å². The Hall–Kier alpha value is -0.260. The Morgan fingerprint density at radius 2 is 2.00 bits per heavy atom. The standard InChI is InChI=1S/C7H6BrClO3S/c1-4-2-5(13(9,11)12)3-6(8)7(4)10/h2-3,10H,1H3. The zero-order chi connectivity index (χ0) is 10.2. The highest BCUT2D eigenvalue weighted by Crippen LogP contribution is 2.31. The maximum atomic E-state index is 10.9. The molecule has 0 amide bonds. The quantitative estimate of drug-likeness (QED) is 0.806. The van der Waals surface area contributed by atoms with Gasteiger partial charge in [-0.15, -0.1) is 0 Å². The van der Waals surface area contributed by atoms with Gasteiger partial charge in [0.25, 0.3) is 9.05 Å². The third kappa shape index (κ3) is 2.36. The van der Waals surface area contributed by atoms with Crippen LogP contribution in [0, 0.1) is 6.92 Å². The topological polar surface area (TPSA) is 54.4 Å². The molecule has 1 aromatic rings. The number of rotatable bonds is 1. The van der Waals surface area contributed by atoms with Crippen LogP contribution < -0.4 is 0 Å². The highest BCUT2D eigenvalue weighted by molar-refractivity contribution is 9.10. The van der Waals surface area contributed by atoms with Gasteiger partial charge in [0.05, 0.1) is 9.37 Å². The van der Waals surface area contributed by atoms with Gasteiger partial charge >= 0.3 is 0 Å². The maximum Gasteiger partial charge on any atom is 0.261 e. The van der Waals surface area contributed by atoms with Crippen LogP contribution in [0.15, 0.2) is 21.5 Å². The Morgan fingerprint density at radius 1 is 1.46 bits per heavy atom. The number of hydrogen-bond acceptors (Lipinski definition) is 3. The van der Waals surface area contributed by atoms with Gasteiger partial charge in [-0.25, -0.2) is 8.42 Å². The van der Waals surface area contributed by atoms with Crippen LogP contribution in [0.1, 0.15) is 5.56 Å². The highest BCUT2D eigenvalue weighted by atomic mass is 79.9. The predicted molar refractivity (Wildman–Crippen MR) is 53.6 cm³/mol. The summed E-state index contributed by atoms with van der Waals surface area (Å²) in [6, 6.07) is 2.56. The Kier molecular flexibility index (Phi) is 2.89. The van der Waals surface area contributed by atoms with E-state index in [2.05, 4.69) is 15.9 Å². The Morgan fingerprint density at radius 3 is 2.38 bits per heavy atom. The minimum Gasteiger partial charge on any atom is -0.506 e. The smallest absolute Gasteiger partial charge is 0.261 e. The summed E-state index contributed by atoms with van der Waals surface area (Å²) in [5, 5.41) is 9.31. The van der Waals surface area contributed by atoms with Crippen molar-refractivity contribution in [2.75, 3.05) is 0 Å².